The number of amides is 1. The molecule has 0 aliphatic heterocycles. The van der Waals surface area contributed by atoms with Crippen molar-refractivity contribution in [3.63, 3.8) is 0 Å². The van der Waals surface area contributed by atoms with Crippen LogP contribution in [0.15, 0.2) is 49.1 Å². The van der Waals surface area contributed by atoms with Gasteiger partial charge in [-0.05, 0) is 45.0 Å². The van der Waals surface area contributed by atoms with E-state index in [9.17, 15) is 13.6 Å². The summed E-state index contributed by atoms with van der Waals surface area (Å²) in [6.07, 6.45) is 5.26. The van der Waals surface area contributed by atoms with Gasteiger partial charge in [-0.25, -0.2) is 44.2 Å². The number of aromatic nitrogens is 7. The van der Waals surface area contributed by atoms with Crippen LogP contribution in [-0.4, -0.2) is 52.6 Å². The van der Waals surface area contributed by atoms with Crippen molar-refractivity contribution in [1.29, 1.82) is 0 Å². The highest BCUT2D eigenvalue weighted by molar-refractivity contribution is 5.92. The molecule has 5 rings (SSSR count). The van der Waals surface area contributed by atoms with Crippen LogP contribution in [-0.2, 0) is 6.54 Å². The predicted molar refractivity (Wildman–Crippen MR) is 147 cm³/mol. The maximum Gasteiger partial charge on any atom is 0.277 e. The number of pyridine rings is 1. The Morgan fingerprint density at radius 3 is 2.44 bits per heavy atom. The van der Waals surface area contributed by atoms with Gasteiger partial charge in [0.1, 0.15) is 28.7 Å². The topological polar surface area (TPSA) is 147 Å². The fraction of sp³-hybridized carbons (Fsp3) is 0.222. The molecule has 3 N–H and O–H groups in total. The maximum atomic E-state index is 15.0. The summed E-state index contributed by atoms with van der Waals surface area (Å²) in [6, 6.07) is 6.42. The number of nitrogens with zero attached hydrogens (tertiary/aromatic N) is 8. The predicted octanol–water partition coefficient (Wildman–Crippen LogP) is 4.34. The first-order valence-electron chi connectivity index (χ1n) is 12.5. The van der Waals surface area contributed by atoms with Gasteiger partial charge in [-0.1, -0.05) is 0 Å². The molecule has 0 aliphatic carbocycles. The first-order chi connectivity index (χ1) is 19.6. The Labute approximate surface area is 233 Å². The number of hydrogen-bond acceptors (Lipinski definition) is 10. The molecular formula is C27H26F2N10O2. The molecule has 14 heteroatoms. The average molecular weight is 561 g/mol. The summed E-state index contributed by atoms with van der Waals surface area (Å²) in [4.78, 5) is 38.6. The summed E-state index contributed by atoms with van der Waals surface area (Å²) in [5, 5.41) is 11.7. The largest absolute Gasteiger partial charge is 0.366 e. The van der Waals surface area contributed by atoms with Gasteiger partial charge < -0.3 is 14.8 Å². The normalized spacial score (nSPS) is 11.2. The number of anilines is 3. The molecule has 0 bridgehead atoms. The van der Waals surface area contributed by atoms with Crippen molar-refractivity contribution in [2.75, 3.05) is 17.3 Å². The third-order valence-electron chi connectivity index (χ3n) is 6.34. The van der Waals surface area contributed by atoms with Crippen molar-refractivity contribution in [2.24, 2.45) is 0 Å². The van der Waals surface area contributed by atoms with Gasteiger partial charge in [-0.15, -0.1) is 0 Å². The van der Waals surface area contributed by atoms with Crippen LogP contribution >= 0.6 is 0 Å². The lowest BCUT2D eigenvalue weighted by Crippen LogP contribution is -2.21. The number of carbonyl (C=O) groups is 1. The van der Waals surface area contributed by atoms with Gasteiger partial charge in [0, 0.05) is 31.0 Å². The van der Waals surface area contributed by atoms with Crippen molar-refractivity contribution in [3.8, 4) is 11.3 Å². The summed E-state index contributed by atoms with van der Waals surface area (Å²) in [5.74, 6) is -0.345. The number of hydroxylamine groups is 1. The van der Waals surface area contributed by atoms with E-state index in [0.29, 0.717) is 29.5 Å². The second-order valence-corrected chi connectivity index (χ2v) is 9.55. The zero-order chi connectivity index (χ0) is 29.3. The van der Waals surface area contributed by atoms with Gasteiger partial charge in [-0.2, -0.15) is 0 Å². The van der Waals surface area contributed by atoms with Crippen LogP contribution in [0.2, 0.25) is 0 Å². The summed E-state index contributed by atoms with van der Waals surface area (Å²) in [7, 11) is 1.82. The van der Waals surface area contributed by atoms with Crippen LogP contribution in [0.25, 0.3) is 22.3 Å². The summed E-state index contributed by atoms with van der Waals surface area (Å²) in [6.45, 7) is 6.06. The molecule has 0 radical (unpaired) electrons. The van der Waals surface area contributed by atoms with E-state index in [1.54, 1.807) is 31.3 Å². The quantitative estimate of drug-likeness (QED) is 0.185. The van der Waals surface area contributed by atoms with Crippen molar-refractivity contribution >= 4 is 34.4 Å². The van der Waals surface area contributed by atoms with Gasteiger partial charge >= 0.3 is 0 Å². The molecule has 0 saturated carbocycles. The van der Waals surface area contributed by atoms with Crippen LogP contribution < -0.4 is 15.7 Å². The summed E-state index contributed by atoms with van der Waals surface area (Å²) >= 11 is 0. The molecule has 41 heavy (non-hydrogen) atoms. The summed E-state index contributed by atoms with van der Waals surface area (Å²) in [5.41, 5.74) is 3.39. The van der Waals surface area contributed by atoms with Gasteiger partial charge in [-0.3, -0.25) is 10.0 Å². The Hall–Kier alpha value is -5.11. The average Bonchev–Trinajstić information content (AvgIpc) is 3.31. The first-order valence-corrected chi connectivity index (χ1v) is 12.5. The number of benzene rings is 1. The van der Waals surface area contributed by atoms with E-state index in [1.807, 2.05) is 30.4 Å². The number of imidazole rings is 1. The Morgan fingerprint density at radius 1 is 1.02 bits per heavy atom. The molecule has 1 amide bonds. The van der Waals surface area contributed by atoms with E-state index in [0.717, 1.165) is 11.9 Å². The fourth-order valence-corrected chi connectivity index (χ4v) is 4.41. The number of fused-ring (bicyclic) bond motifs is 1. The minimum Gasteiger partial charge on any atom is -0.366 e. The van der Waals surface area contributed by atoms with E-state index in [1.165, 1.54) is 23.9 Å². The molecule has 12 nitrogen and oxygen atoms in total. The van der Waals surface area contributed by atoms with E-state index in [-0.39, 0.29) is 34.3 Å². The van der Waals surface area contributed by atoms with Crippen LogP contribution in [0, 0.1) is 18.6 Å². The van der Waals surface area contributed by atoms with E-state index in [4.69, 9.17) is 5.21 Å². The minimum atomic E-state index is -0.698. The lowest BCUT2D eigenvalue weighted by molar-refractivity contribution is 0.0705. The lowest BCUT2D eigenvalue weighted by Gasteiger charge is -2.18. The second-order valence-electron chi connectivity index (χ2n) is 9.55. The minimum absolute atomic E-state index is 0.0309. The molecule has 4 aromatic heterocycles. The van der Waals surface area contributed by atoms with Crippen LogP contribution in [0.4, 0.5) is 26.2 Å². The molecule has 0 spiro atoms. The van der Waals surface area contributed by atoms with E-state index >= 15 is 0 Å². The third-order valence-corrected chi connectivity index (χ3v) is 6.34. The molecular weight excluding hydrogens is 534 g/mol. The number of halogens is 2. The van der Waals surface area contributed by atoms with Crippen LogP contribution in [0.5, 0.6) is 0 Å². The Morgan fingerprint density at radius 2 is 1.78 bits per heavy atom. The molecule has 0 unspecified atom stereocenters. The first kappa shape index (κ1) is 27.5. The van der Waals surface area contributed by atoms with Crippen LogP contribution in [0.3, 0.4) is 0 Å². The molecule has 1 aromatic carbocycles. The van der Waals surface area contributed by atoms with Gasteiger partial charge in [0.2, 0.25) is 5.95 Å². The summed E-state index contributed by atoms with van der Waals surface area (Å²) < 4.78 is 31.7. The SMILES string of the molecule is Cc1nc2c(F)cc(-c3nc(Nc4ccc(N(C)Cc5ncc(C(=O)NO)cn5)cn4)ncc3F)cc2n1C(C)C. The lowest BCUT2D eigenvalue weighted by atomic mass is 10.1. The van der Waals surface area contributed by atoms with E-state index < -0.39 is 17.5 Å². The number of carbonyl (C=O) groups excluding carboxylic acids is 1. The standard InChI is InChI=1S/C27H26F2N10O2/c1-14(2)39-15(3)34-25-19(28)7-16(8-21(25)39)24-20(29)12-33-27(36-24)35-22-6-5-18(11-32-22)38(4)13-23-30-9-17(10-31-23)26(40)37-41/h5-12,14,41H,13H2,1-4H3,(H,37,40)(H,32,33,35,36). The zero-order valence-corrected chi connectivity index (χ0v) is 22.6. The molecule has 0 saturated heterocycles. The monoisotopic (exact) mass is 560 g/mol. The highest BCUT2D eigenvalue weighted by Gasteiger charge is 2.18. The Kier molecular flexibility index (Phi) is 7.48. The van der Waals surface area contributed by atoms with Crippen LogP contribution in [0.1, 0.15) is 41.9 Å². The number of nitrogens with one attached hydrogen (secondary N) is 2. The zero-order valence-electron chi connectivity index (χ0n) is 22.6. The van der Waals surface area contributed by atoms with E-state index in [2.05, 4.69) is 35.2 Å². The molecule has 4 heterocycles. The Balaban J connectivity index is 1.33. The number of rotatable bonds is 8. The molecule has 5 aromatic rings. The molecule has 0 fully saturated rings. The van der Waals surface area contributed by atoms with Crippen molar-refractivity contribution in [1.82, 2.24) is 40.0 Å². The number of hydrogen-bond donors (Lipinski definition) is 3. The Bertz CT molecular complexity index is 1720. The fourth-order valence-electron chi connectivity index (χ4n) is 4.41. The highest BCUT2D eigenvalue weighted by atomic mass is 19.1. The van der Waals surface area contributed by atoms with Gasteiger partial charge in [0.15, 0.2) is 11.6 Å². The maximum absolute atomic E-state index is 15.0. The molecule has 210 valence electrons. The highest BCUT2D eigenvalue weighted by Crippen LogP contribution is 2.30. The third kappa shape index (κ3) is 5.63. The van der Waals surface area contributed by atoms with Gasteiger partial charge in [0.25, 0.3) is 5.91 Å². The number of aryl methyl sites for hydroxylation is 1. The van der Waals surface area contributed by atoms with Crippen molar-refractivity contribution in [2.45, 2.75) is 33.4 Å². The second kappa shape index (κ2) is 11.2. The van der Waals surface area contributed by atoms with Crippen molar-refractivity contribution in [3.05, 3.63) is 77.9 Å². The smallest absolute Gasteiger partial charge is 0.277 e. The van der Waals surface area contributed by atoms with Gasteiger partial charge in [0.05, 0.1) is 35.7 Å². The molecule has 0 atom stereocenters. The van der Waals surface area contributed by atoms with Crippen molar-refractivity contribution < 1.29 is 18.8 Å². The molecule has 0 aliphatic rings.